The van der Waals surface area contributed by atoms with Gasteiger partial charge in [0.05, 0.1) is 6.04 Å². The van der Waals surface area contributed by atoms with Crippen LogP contribution < -0.4 is 5.32 Å². The van der Waals surface area contributed by atoms with Crippen LogP contribution in [0.3, 0.4) is 0 Å². The molecule has 1 saturated carbocycles. The zero-order valence-corrected chi connectivity index (χ0v) is 11.2. The SMILES string of the molecule is CC[C@@H](NC(=O)C1CCCCC1)c1ccccc1. The second kappa shape index (κ2) is 6.58. The van der Waals surface area contributed by atoms with Gasteiger partial charge in [-0.25, -0.2) is 0 Å². The van der Waals surface area contributed by atoms with Crippen molar-refractivity contribution in [3.63, 3.8) is 0 Å². The van der Waals surface area contributed by atoms with Gasteiger partial charge >= 0.3 is 0 Å². The number of hydrogen-bond acceptors (Lipinski definition) is 1. The van der Waals surface area contributed by atoms with Crippen molar-refractivity contribution in [1.29, 1.82) is 0 Å². The molecule has 2 rings (SSSR count). The molecule has 1 aromatic rings. The average Bonchev–Trinajstić information content (AvgIpc) is 2.46. The minimum atomic E-state index is 0.167. The van der Waals surface area contributed by atoms with Gasteiger partial charge in [-0.05, 0) is 24.8 Å². The van der Waals surface area contributed by atoms with Crippen molar-refractivity contribution in [1.82, 2.24) is 5.32 Å². The van der Waals surface area contributed by atoms with Crippen LogP contribution in [0.2, 0.25) is 0 Å². The summed E-state index contributed by atoms with van der Waals surface area (Å²) >= 11 is 0. The molecular formula is C16H23NO. The number of rotatable bonds is 4. The summed E-state index contributed by atoms with van der Waals surface area (Å²) in [6.45, 7) is 2.12. The molecule has 0 aromatic heterocycles. The maximum atomic E-state index is 12.2. The van der Waals surface area contributed by atoms with E-state index in [2.05, 4.69) is 24.4 Å². The molecule has 2 nitrogen and oxygen atoms in total. The van der Waals surface area contributed by atoms with Crippen molar-refractivity contribution in [2.24, 2.45) is 5.92 Å². The van der Waals surface area contributed by atoms with Crippen LogP contribution in [0.5, 0.6) is 0 Å². The van der Waals surface area contributed by atoms with Gasteiger partial charge in [0.2, 0.25) is 5.91 Å². The third-order valence-electron chi connectivity index (χ3n) is 3.90. The first-order valence-electron chi connectivity index (χ1n) is 7.16. The zero-order chi connectivity index (χ0) is 12.8. The van der Waals surface area contributed by atoms with Gasteiger partial charge in [-0.15, -0.1) is 0 Å². The topological polar surface area (TPSA) is 29.1 Å². The van der Waals surface area contributed by atoms with Crippen LogP contribution >= 0.6 is 0 Å². The van der Waals surface area contributed by atoms with Gasteiger partial charge in [0.15, 0.2) is 0 Å². The average molecular weight is 245 g/mol. The summed E-state index contributed by atoms with van der Waals surface area (Å²) in [6.07, 6.45) is 6.79. The largest absolute Gasteiger partial charge is 0.349 e. The highest BCUT2D eigenvalue weighted by atomic mass is 16.1. The Labute approximate surface area is 110 Å². The summed E-state index contributed by atoms with van der Waals surface area (Å²) in [5.74, 6) is 0.502. The number of carbonyl (C=O) groups is 1. The molecule has 98 valence electrons. The van der Waals surface area contributed by atoms with Crippen LogP contribution in [0.15, 0.2) is 30.3 Å². The number of benzene rings is 1. The van der Waals surface area contributed by atoms with Gasteiger partial charge < -0.3 is 5.32 Å². The van der Waals surface area contributed by atoms with E-state index in [0.29, 0.717) is 0 Å². The van der Waals surface area contributed by atoms with Gasteiger partial charge in [0.25, 0.3) is 0 Å². The van der Waals surface area contributed by atoms with Gasteiger partial charge in [0, 0.05) is 5.92 Å². The lowest BCUT2D eigenvalue weighted by Crippen LogP contribution is -2.34. The lowest BCUT2D eigenvalue weighted by Gasteiger charge is -2.24. The Balaban J connectivity index is 1.95. The van der Waals surface area contributed by atoms with E-state index in [0.717, 1.165) is 19.3 Å². The summed E-state index contributed by atoms with van der Waals surface area (Å²) in [5, 5.41) is 3.21. The van der Waals surface area contributed by atoms with Crippen LogP contribution in [0.4, 0.5) is 0 Å². The van der Waals surface area contributed by atoms with E-state index in [9.17, 15) is 4.79 Å². The first-order chi connectivity index (χ1) is 8.81. The fourth-order valence-electron chi connectivity index (χ4n) is 2.76. The number of hydrogen-bond donors (Lipinski definition) is 1. The van der Waals surface area contributed by atoms with Crippen molar-refractivity contribution in [3.8, 4) is 0 Å². The monoisotopic (exact) mass is 245 g/mol. The maximum Gasteiger partial charge on any atom is 0.223 e. The summed E-state index contributed by atoms with van der Waals surface area (Å²) in [7, 11) is 0. The predicted octanol–water partition coefficient (Wildman–Crippen LogP) is 3.83. The molecule has 0 bridgehead atoms. The van der Waals surface area contributed by atoms with Crippen molar-refractivity contribution in [2.45, 2.75) is 51.5 Å². The fourth-order valence-corrected chi connectivity index (χ4v) is 2.76. The minimum absolute atomic E-state index is 0.167. The Morgan fingerprint density at radius 3 is 2.50 bits per heavy atom. The van der Waals surface area contributed by atoms with Crippen LogP contribution in [0, 0.1) is 5.92 Å². The van der Waals surface area contributed by atoms with E-state index < -0.39 is 0 Å². The third-order valence-corrected chi connectivity index (χ3v) is 3.90. The van der Waals surface area contributed by atoms with Crippen molar-refractivity contribution in [3.05, 3.63) is 35.9 Å². The fraction of sp³-hybridized carbons (Fsp3) is 0.562. The maximum absolute atomic E-state index is 12.2. The highest BCUT2D eigenvalue weighted by Gasteiger charge is 2.23. The molecular weight excluding hydrogens is 222 g/mol. The molecule has 0 radical (unpaired) electrons. The summed E-state index contributed by atoms with van der Waals surface area (Å²) in [6, 6.07) is 10.4. The summed E-state index contributed by atoms with van der Waals surface area (Å²) in [4.78, 5) is 12.2. The normalized spacial score (nSPS) is 18.3. The Morgan fingerprint density at radius 1 is 1.22 bits per heavy atom. The van der Waals surface area contributed by atoms with Gasteiger partial charge in [-0.1, -0.05) is 56.5 Å². The molecule has 1 fully saturated rings. The van der Waals surface area contributed by atoms with Crippen LogP contribution in [-0.2, 0) is 4.79 Å². The second-order valence-electron chi connectivity index (χ2n) is 5.22. The van der Waals surface area contributed by atoms with E-state index in [1.165, 1.54) is 24.8 Å². The Hall–Kier alpha value is -1.31. The first-order valence-corrected chi connectivity index (χ1v) is 7.16. The first kappa shape index (κ1) is 13.1. The van der Waals surface area contributed by atoms with E-state index in [1.807, 2.05) is 18.2 Å². The predicted molar refractivity (Wildman–Crippen MR) is 74.2 cm³/mol. The van der Waals surface area contributed by atoms with Gasteiger partial charge in [-0.3, -0.25) is 4.79 Å². The standard InChI is InChI=1S/C16H23NO/c1-2-15(13-9-5-3-6-10-13)17-16(18)14-11-7-4-8-12-14/h3,5-6,9-10,14-15H,2,4,7-8,11-12H2,1H3,(H,17,18)/t15-/m1/s1. The number of nitrogens with one attached hydrogen (secondary N) is 1. The van der Waals surface area contributed by atoms with Crippen LogP contribution in [-0.4, -0.2) is 5.91 Å². The van der Waals surface area contributed by atoms with E-state index in [-0.39, 0.29) is 17.9 Å². The quantitative estimate of drug-likeness (QED) is 0.858. The summed E-state index contributed by atoms with van der Waals surface area (Å²) < 4.78 is 0. The van der Waals surface area contributed by atoms with Gasteiger partial charge in [-0.2, -0.15) is 0 Å². The molecule has 1 aromatic carbocycles. The molecule has 18 heavy (non-hydrogen) atoms. The molecule has 0 aliphatic heterocycles. The molecule has 2 heteroatoms. The molecule has 1 aliphatic carbocycles. The van der Waals surface area contributed by atoms with Crippen LogP contribution in [0.25, 0.3) is 0 Å². The Bertz CT molecular complexity index is 368. The molecule has 0 heterocycles. The van der Waals surface area contributed by atoms with Crippen molar-refractivity contribution >= 4 is 5.91 Å². The Morgan fingerprint density at radius 2 is 1.89 bits per heavy atom. The van der Waals surface area contributed by atoms with E-state index >= 15 is 0 Å². The molecule has 1 atom stereocenters. The highest BCUT2D eigenvalue weighted by molar-refractivity contribution is 5.79. The van der Waals surface area contributed by atoms with Crippen molar-refractivity contribution in [2.75, 3.05) is 0 Å². The lowest BCUT2D eigenvalue weighted by molar-refractivity contribution is -0.126. The van der Waals surface area contributed by atoms with Crippen molar-refractivity contribution < 1.29 is 4.79 Å². The highest BCUT2D eigenvalue weighted by Crippen LogP contribution is 2.25. The van der Waals surface area contributed by atoms with Gasteiger partial charge in [0.1, 0.15) is 0 Å². The van der Waals surface area contributed by atoms with E-state index in [1.54, 1.807) is 0 Å². The number of carbonyl (C=O) groups excluding carboxylic acids is 1. The number of amides is 1. The lowest BCUT2D eigenvalue weighted by atomic mass is 9.88. The Kier molecular flexibility index (Phi) is 4.80. The van der Waals surface area contributed by atoms with E-state index in [4.69, 9.17) is 0 Å². The molecule has 1 aliphatic rings. The molecule has 1 amide bonds. The minimum Gasteiger partial charge on any atom is -0.349 e. The third kappa shape index (κ3) is 3.34. The van der Waals surface area contributed by atoms with Crippen LogP contribution in [0.1, 0.15) is 57.1 Å². The molecule has 1 N–H and O–H groups in total. The smallest absolute Gasteiger partial charge is 0.223 e. The molecule has 0 spiro atoms. The zero-order valence-electron chi connectivity index (χ0n) is 11.2. The summed E-state index contributed by atoms with van der Waals surface area (Å²) in [5.41, 5.74) is 1.21. The molecule has 0 unspecified atom stereocenters. The molecule has 0 saturated heterocycles. The second-order valence-corrected chi connectivity index (χ2v) is 5.22.